The lowest BCUT2D eigenvalue weighted by Gasteiger charge is -2.22. The summed E-state index contributed by atoms with van der Waals surface area (Å²) < 4.78 is 11.7. The van der Waals surface area contributed by atoms with Crippen LogP contribution in [-0.2, 0) is 0 Å². The van der Waals surface area contributed by atoms with Gasteiger partial charge in [-0.2, -0.15) is 0 Å². The monoisotopic (exact) mass is 263 g/mol. The molecule has 1 atom stereocenters. The highest BCUT2D eigenvalue weighted by Gasteiger charge is 2.22. The van der Waals surface area contributed by atoms with Gasteiger partial charge in [-0.1, -0.05) is 32.9 Å². The highest BCUT2D eigenvalue weighted by molar-refractivity contribution is 5.48. The van der Waals surface area contributed by atoms with Gasteiger partial charge in [-0.15, -0.1) is 0 Å². The van der Waals surface area contributed by atoms with Crippen LogP contribution in [0.1, 0.15) is 51.6 Å². The molecule has 3 nitrogen and oxygen atoms in total. The number of nitrogens with one attached hydrogen (secondary N) is 1. The molecule has 1 aromatic carbocycles. The topological polar surface area (TPSA) is 30.5 Å². The van der Waals surface area contributed by atoms with E-state index in [0.29, 0.717) is 12.1 Å². The Hall–Kier alpha value is -1.22. The van der Waals surface area contributed by atoms with Crippen molar-refractivity contribution in [2.45, 2.75) is 52.1 Å². The maximum Gasteiger partial charge on any atom is 0.165 e. The summed E-state index contributed by atoms with van der Waals surface area (Å²) in [6.07, 6.45) is 3.20. The molecule has 1 heterocycles. The Kier molecular flexibility index (Phi) is 5.08. The predicted octanol–water partition coefficient (Wildman–Crippen LogP) is 3.69. The molecule has 0 radical (unpaired) electrons. The molecule has 0 aliphatic carbocycles. The third-order valence-electron chi connectivity index (χ3n) is 3.26. The number of hydrogen-bond donors (Lipinski definition) is 1. The van der Waals surface area contributed by atoms with Gasteiger partial charge in [-0.25, -0.2) is 0 Å². The summed E-state index contributed by atoms with van der Waals surface area (Å²) in [4.78, 5) is 0. The van der Waals surface area contributed by atoms with Crippen LogP contribution in [0.25, 0.3) is 0 Å². The summed E-state index contributed by atoms with van der Waals surface area (Å²) in [5.41, 5.74) is 1.24. The molecule has 1 aromatic rings. The molecule has 1 N–H and O–H groups in total. The van der Waals surface area contributed by atoms with E-state index in [4.69, 9.17) is 9.47 Å². The normalized spacial score (nSPS) is 18.6. The van der Waals surface area contributed by atoms with Crippen molar-refractivity contribution in [3.63, 3.8) is 0 Å². The Labute approximate surface area is 116 Å². The van der Waals surface area contributed by atoms with Crippen LogP contribution in [0.15, 0.2) is 18.2 Å². The zero-order valence-corrected chi connectivity index (χ0v) is 12.2. The lowest BCUT2D eigenvalue weighted by atomic mass is 10.0. The fourth-order valence-electron chi connectivity index (χ4n) is 2.48. The molecular formula is C16H25NO2. The quantitative estimate of drug-likeness (QED) is 0.879. The summed E-state index contributed by atoms with van der Waals surface area (Å²) >= 11 is 0. The number of para-hydroxylation sites is 1. The van der Waals surface area contributed by atoms with E-state index in [9.17, 15) is 0 Å². The zero-order valence-electron chi connectivity index (χ0n) is 12.2. The van der Waals surface area contributed by atoms with E-state index in [2.05, 4.69) is 38.2 Å². The maximum absolute atomic E-state index is 5.92. The Balaban J connectivity index is 2.27. The van der Waals surface area contributed by atoms with Gasteiger partial charge in [0.2, 0.25) is 0 Å². The first-order chi connectivity index (χ1) is 9.22. The van der Waals surface area contributed by atoms with Crippen LogP contribution < -0.4 is 14.8 Å². The minimum atomic E-state index is 0.364. The Morgan fingerprint density at radius 2 is 2.26 bits per heavy atom. The van der Waals surface area contributed by atoms with Crippen LogP contribution >= 0.6 is 0 Å². The number of hydrogen-bond acceptors (Lipinski definition) is 3. The second-order valence-corrected chi connectivity index (χ2v) is 5.39. The van der Waals surface area contributed by atoms with Crippen LogP contribution in [0.3, 0.4) is 0 Å². The minimum Gasteiger partial charge on any atom is -0.490 e. The molecule has 0 saturated carbocycles. The highest BCUT2D eigenvalue weighted by Crippen LogP contribution is 2.38. The van der Waals surface area contributed by atoms with Gasteiger partial charge in [0.15, 0.2) is 11.5 Å². The first-order valence-electron chi connectivity index (χ1n) is 7.37. The van der Waals surface area contributed by atoms with Crippen LogP contribution in [-0.4, -0.2) is 19.3 Å². The molecule has 0 fully saturated rings. The molecule has 3 heteroatoms. The van der Waals surface area contributed by atoms with E-state index in [1.807, 2.05) is 6.07 Å². The van der Waals surface area contributed by atoms with E-state index >= 15 is 0 Å². The number of fused-ring (bicyclic) bond motifs is 1. The molecule has 0 amide bonds. The van der Waals surface area contributed by atoms with Gasteiger partial charge in [0.25, 0.3) is 0 Å². The van der Waals surface area contributed by atoms with Gasteiger partial charge in [0.1, 0.15) is 0 Å². The van der Waals surface area contributed by atoms with Crippen molar-refractivity contribution in [2.75, 3.05) is 13.2 Å². The van der Waals surface area contributed by atoms with Gasteiger partial charge in [-0.05, 0) is 25.3 Å². The van der Waals surface area contributed by atoms with Gasteiger partial charge in [-0.3, -0.25) is 0 Å². The summed E-state index contributed by atoms with van der Waals surface area (Å²) in [5.74, 6) is 1.82. The molecule has 2 rings (SSSR count). The van der Waals surface area contributed by atoms with Crippen LogP contribution in [0, 0.1) is 0 Å². The van der Waals surface area contributed by atoms with Crippen molar-refractivity contribution in [2.24, 2.45) is 0 Å². The predicted molar refractivity (Wildman–Crippen MR) is 78.0 cm³/mol. The number of ether oxygens (including phenoxy) is 2. The average molecular weight is 263 g/mol. The second kappa shape index (κ2) is 6.80. The van der Waals surface area contributed by atoms with Gasteiger partial charge in [0.05, 0.1) is 13.2 Å². The molecule has 0 aromatic heterocycles. The third kappa shape index (κ3) is 3.63. The molecule has 1 aliphatic heterocycles. The molecule has 106 valence electrons. The fourth-order valence-corrected chi connectivity index (χ4v) is 2.48. The first-order valence-corrected chi connectivity index (χ1v) is 7.37. The van der Waals surface area contributed by atoms with Crippen LogP contribution in [0.5, 0.6) is 11.5 Å². The minimum absolute atomic E-state index is 0.364. The molecule has 19 heavy (non-hydrogen) atoms. The first kappa shape index (κ1) is 14.2. The van der Waals surface area contributed by atoms with E-state index in [0.717, 1.165) is 44.0 Å². The van der Waals surface area contributed by atoms with Crippen molar-refractivity contribution in [1.82, 2.24) is 5.32 Å². The van der Waals surface area contributed by atoms with Crippen molar-refractivity contribution in [3.05, 3.63) is 23.8 Å². The number of rotatable bonds is 5. The maximum atomic E-state index is 5.92. The van der Waals surface area contributed by atoms with Gasteiger partial charge < -0.3 is 14.8 Å². The van der Waals surface area contributed by atoms with E-state index in [1.165, 1.54) is 5.56 Å². The van der Waals surface area contributed by atoms with Gasteiger partial charge >= 0.3 is 0 Å². The average Bonchev–Trinajstić information content (AvgIpc) is 2.59. The molecule has 0 spiro atoms. The summed E-state index contributed by atoms with van der Waals surface area (Å²) in [6, 6.07) is 7.05. The fraction of sp³-hybridized carbons (Fsp3) is 0.625. The molecular weight excluding hydrogens is 238 g/mol. The summed E-state index contributed by atoms with van der Waals surface area (Å²) in [7, 11) is 0. The smallest absolute Gasteiger partial charge is 0.165 e. The second-order valence-electron chi connectivity index (χ2n) is 5.39. The molecule has 1 aliphatic rings. The van der Waals surface area contributed by atoms with E-state index in [1.54, 1.807) is 0 Å². The van der Waals surface area contributed by atoms with E-state index < -0.39 is 0 Å². The standard InChI is InChI=1S/C16H25NO2/c1-4-10-18-15-9-5-7-13-14(17-12(2)3)8-6-11-19-16(13)15/h5,7,9,12,14,17H,4,6,8,10-11H2,1-3H3. The number of benzene rings is 1. The van der Waals surface area contributed by atoms with E-state index in [-0.39, 0.29) is 0 Å². The largest absolute Gasteiger partial charge is 0.490 e. The van der Waals surface area contributed by atoms with Crippen molar-refractivity contribution in [1.29, 1.82) is 0 Å². The third-order valence-corrected chi connectivity index (χ3v) is 3.26. The van der Waals surface area contributed by atoms with Crippen LogP contribution in [0.2, 0.25) is 0 Å². The summed E-state index contributed by atoms with van der Waals surface area (Å²) in [5, 5.41) is 3.63. The highest BCUT2D eigenvalue weighted by atomic mass is 16.5. The molecule has 0 saturated heterocycles. The van der Waals surface area contributed by atoms with Crippen molar-refractivity contribution < 1.29 is 9.47 Å². The van der Waals surface area contributed by atoms with Crippen molar-refractivity contribution >= 4 is 0 Å². The molecule has 1 unspecified atom stereocenters. The Morgan fingerprint density at radius 1 is 1.42 bits per heavy atom. The lowest BCUT2D eigenvalue weighted by molar-refractivity contribution is 0.269. The summed E-state index contributed by atoms with van der Waals surface area (Å²) in [6.45, 7) is 8.00. The molecule has 0 bridgehead atoms. The Morgan fingerprint density at radius 3 is 3.00 bits per heavy atom. The van der Waals surface area contributed by atoms with Crippen LogP contribution in [0.4, 0.5) is 0 Å². The SMILES string of the molecule is CCCOc1cccc2c1OCCCC2NC(C)C. The van der Waals surface area contributed by atoms with Gasteiger partial charge in [0, 0.05) is 17.6 Å². The zero-order chi connectivity index (χ0) is 13.7. The van der Waals surface area contributed by atoms with Crippen molar-refractivity contribution in [3.8, 4) is 11.5 Å². The Bertz CT molecular complexity index is 404. The lowest BCUT2D eigenvalue weighted by Crippen LogP contribution is -2.27.